The summed E-state index contributed by atoms with van der Waals surface area (Å²) in [7, 11) is 0. The molecule has 20 heavy (non-hydrogen) atoms. The molecule has 3 rings (SSSR count). The Morgan fingerprint density at radius 3 is 2.05 bits per heavy atom. The SMILES string of the molecule is O=C(CCN1C(=O)C2CCCCC2C1=O)N1CCCC1. The van der Waals surface area contributed by atoms with Gasteiger partial charge >= 0.3 is 0 Å². The van der Waals surface area contributed by atoms with Crippen molar-refractivity contribution in [1.29, 1.82) is 0 Å². The Morgan fingerprint density at radius 1 is 0.950 bits per heavy atom. The van der Waals surface area contributed by atoms with Crippen LogP contribution in [-0.2, 0) is 14.4 Å². The predicted octanol–water partition coefficient (Wildman–Crippen LogP) is 1.17. The minimum atomic E-state index is -0.0989. The van der Waals surface area contributed by atoms with Crippen LogP contribution in [0.1, 0.15) is 44.9 Å². The van der Waals surface area contributed by atoms with Crippen molar-refractivity contribution >= 4 is 17.7 Å². The number of carbonyl (C=O) groups excluding carboxylic acids is 3. The highest BCUT2D eigenvalue weighted by atomic mass is 16.2. The summed E-state index contributed by atoms with van der Waals surface area (Å²) in [6, 6.07) is 0. The van der Waals surface area contributed by atoms with E-state index in [1.807, 2.05) is 4.90 Å². The fourth-order valence-electron chi connectivity index (χ4n) is 3.78. The number of hydrogen-bond donors (Lipinski definition) is 0. The number of imide groups is 1. The first-order chi connectivity index (χ1) is 9.68. The van der Waals surface area contributed by atoms with Gasteiger partial charge in [-0.15, -0.1) is 0 Å². The minimum absolute atomic E-state index is 0.0334. The second kappa shape index (κ2) is 5.54. The standard InChI is InChI=1S/C15H22N2O3/c18-13(16-8-3-4-9-16)7-10-17-14(19)11-5-1-2-6-12(11)15(17)20/h11-12H,1-10H2. The summed E-state index contributed by atoms with van der Waals surface area (Å²) in [5.74, 6) is -0.183. The van der Waals surface area contributed by atoms with Crippen molar-refractivity contribution in [2.24, 2.45) is 11.8 Å². The average Bonchev–Trinajstić information content (AvgIpc) is 3.07. The Morgan fingerprint density at radius 2 is 1.50 bits per heavy atom. The van der Waals surface area contributed by atoms with Crippen molar-refractivity contribution in [3.8, 4) is 0 Å². The van der Waals surface area contributed by atoms with Crippen LogP contribution < -0.4 is 0 Å². The molecule has 2 heterocycles. The van der Waals surface area contributed by atoms with Gasteiger partial charge in [-0.25, -0.2) is 0 Å². The van der Waals surface area contributed by atoms with Crippen LogP contribution in [0.4, 0.5) is 0 Å². The summed E-state index contributed by atoms with van der Waals surface area (Å²) in [6.45, 7) is 1.93. The van der Waals surface area contributed by atoms with E-state index < -0.39 is 0 Å². The molecule has 5 heteroatoms. The molecule has 5 nitrogen and oxygen atoms in total. The van der Waals surface area contributed by atoms with Crippen molar-refractivity contribution in [2.45, 2.75) is 44.9 Å². The third-order valence-corrected chi connectivity index (χ3v) is 4.94. The predicted molar refractivity (Wildman–Crippen MR) is 72.6 cm³/mol. The summed E-state index contributed by atoms with van der Waals surface area (Å²) in [5, 5.41) is 0. The lowest BCUT2D eigenvalue weighted by atomic mass is 9.81. The van der Waals surface area contributed by atoms with Crippen LogP contribution in [0, 0.1) is 11.8 Å². The van der Waals surface area contributed by atoms with Gasteiger partial charge in [0.25, 0.3) is 0 Å². The summed E-state index contributed by atoms with van der Waals surface area (Å²) in [6.07, 6.45) is 6.19. The van der Waals surface area contributed by atoms with E-state index in [0.29, 0.717) is 0 Å². The highest BCUT2D eigenvalue weighted by Crippen LogP contribution is 2.37. The Bertz CT molecular complexity index is 405. The van der Waals surface area contributed by atoms with Crippen LogP contribution in [0.3, 0.4) is 0 Å². The molecule has 110 valence electrons. The molecule has 3 aliphatic rings. The maximum atomic E-state index is 12.3. The van der Waals surface area contributed by atoms with E-state index >= 15 is 0 Å². The van der Waals surface area contributed by atoms with E-state index in [4.69, 9.17) is 0 Å². The summed E-state index contributed by atoms with van der Waals surface area (Å²) < 4.78 is 0. The summed E-state index contributed by atoms with van der Waals surface area (Å²) in [5.41, 5.74) is 0. The molecule has 0 aromatic heterocycles. The van der Waals surface area contributed by atoms with Gasteiger partial charge in [-0.1, -0.05) is 12.8 Å². The lowest BCUT2D eigenvalue weighted by Gasteiger charge is -2.19. The fourth-order valence-corrected chi connectivity index (χ4v) is 3.78. The molecule has 0 spiro atoms. The van der Waals surface area contributed by atoms with Crippen molar-refractivity contribution < 1.29 is 14.4 Å². The summed E-state index contributed by atoms with van der Waals surface area (Å²) >= 11 is 0. The monoisotopic (exact) mass is 278 g/mol. The molecule has 3 fully saturated rings. The Labute approximate surface area is 119 Å². The lowest BCUT2D eigenvalue weighted by molar-refractivity contribution is -0.140. The van der Waals surface area contributed by atoms with Crippen molar-refractivity contribution in [3.05, 3.63) is 0 Å². The molecule has 0 radical (unpaired) electrons. The second-order valence-electron chi connectivity index (χ2n) is 6.16. The van der Waals surface area contributed by atoms with Gasteiger partial charge in [-0.3, -0.25) is 19.3 Å². The largest absolute Gasteiger partial charge is 0.343 e. The van der Waals surface area contributed by atoms with Gasteiger partial charge in [0.05, 0.1) is 11.8 Å². The van der Waals surface area contributed by atoms with Gasteiger partial charge in [-0.05, 0) is 25.7 Å². The second-order valence-corrected chi connectivity index (χ2v) is 6.16. The Balaban J connectivity index is 1.58. The van der Waals surface area contributed by atoms with E-state index in [1.165, 1.54) is 4.90 Å². The highest BCUT2D eigenvalue weighted by molar-refractivity contribution is 6.05. The van der Waals surface area contributed by atoms with Crippen LogP contribution in [0.25, 0.3) is 0 Å². The third-order valence-electron chi connectivity index (χ3n) is 4.94. The number of carbonyl (C=O) groups is 3. The third kappa shape index (κ3) is 2.34. The summed E-state index contributed by atoms with van der Waals surface area (Å²) in [4.78, 5) is 39.7. The number of nitrogens with zero attached hydrogens (tertiary/aromatic N) is 2. The van der Waals surface area contributed by atoms with Crippen LogP contribution in [0.5, 0.6) is 0 Å². The maximum Gasteiger partial charge on any atom is 0.233 e. The van der Waals surface area contributed by atoms with Gasteiger partial charge in [0.2, 0.25) is 17.7 Å². The fraction of sp³-hybridized carbons (Fsp3) is 0.800. The molecule has 0 bridgehead atoms. The zero-order chi connectivity index (χ0) is 14.1. The number of amides is 3. The van der Waals surface area contributed by atoms with Gasteiger partial charge in [0.1, 0.15) is 0 Å². The smallest absolute Gasteiger partial charge is 0.233 e. The molecular formula is C15H22N2O3. The number of fused-ring (bicyclic) bond motifs is 1. The van der Waals surface area contributed by atoms with Gasteiger partial charge in [-0.2, -0.15) is 0 Å². The minimum Gasteiger partial charge on any atom is -0.343 e. The lowest BCUT2D eigenvalue weighted by Crippen LogP contribution is -2.36. The van der Waals surface area contributed by atoms with Gasteiger partial charge < -0.3 is 4.90 Å². The normalized spacial score (nSPS) is 30.0. The number of rotatable bonds is 3. The van der Waals surface area contributed by atoms with Crippen LogP contribution in [0.2, 0.25) is 0 Å². The van der Waals surface area contributed by atoms with Crippen molar-refractivity contribution in [2.75, 3.05) is 19.6 Å². The topological polar surface area (TPSA) is 57.7 Å². The molecule has 2 saturated heterocycles. The molecule has 0 aromatic rings. The first-order valence-corrected chi connectivity index (χ1v) is 7.81. The number of hydrogen-bond acceptors (Lipinski definition) is 3. The van der Waals surface area contributed by atoms with Crippen molar-refractivity contribution in [1.82, 2.24) is 9.80 Å². The van der Waals surface area contributed by atoms with Crippen LogP contribution in [-0.4, -0.2) is 47.2 Å². The molecule has 3 amide bonds. The van der Waals surface area contributed by atoms with E-state index in [0.717, 1.165) is 51.6 Å². The molecule has 0 N–H and O–H groups in total. The van der Waals surface area contributed by atoms with E-state index in [1.54, 1.807) is 0 Å². The van der Waals surface area contributed by atoms with Crippen molar-refractivity contribution in [3.63, 3.8) is 0 Å². The molecule has 2 atom stereocenters. The molecule has 1 saturated carbocycles. The molecular weight excluding hydrogens is 256 g/mol. The maximum absolute atomic E-state index is 12.3. The van der Waals surface area contributed by atoms with Gasteiger partial charge in [0.15, 0.2) is 0 Å². The first-order valence-electron chi connectivity index (χ1n) is 7.81. The van der Waals surface area contributed by atoms with E-state index in [2.05, 4.69) is 0 Å². The van der Waals surface area contributed by atoms with Crippen LogP contribution in [0.15, 0.2) is 0 Å². The Kier molecular flexibility index (Phi) is 3.76. The quantitative estimate of drug-likeness (QED) is 0.728. The van der Waals surface area contributed by atoms with Gasteiger partial charge in [0, 0.05) is 26.1 Å². The molecule has 2 aliphatic heterocycles. The molecule has 1 aliphatic carbocycles. The highest BCUT2D eigenvalue weighted by Gasteiger charge is 2.47. The number of likely N-dealkylation sites (tertiary alicyclic amines) is 2. The zero-order valence-electron chi connectivity index (χ0n) is 11.8. The first kappa shape index (κ1) is 13.6. The molecule has 2 unspecified atom stereocenters. The van der Waals surface area contributed by atoms with E-state index in [-0.39, 0.29) is 42.5 Å². The average molecular weight is 278 g/mol. The van der Waals surface area contributed by atoms with Crippen LogP contribution >= 0.6 is 0 Å². The molecule has 0 aromatic carbocycles. The zero-order valence-corrected chi connectivity index (χ0v) is 11.8. The van der Waals surface area contributed by atoms with E-state index in [9.17, 15) is 14.4 Å². The Hall–Kier alpha value is -1.39.